The summed E-state index contributed by atoms with van der Waals surface area (Å²) in [5, 5.41) is 9.47. The van der Waals surface area contributed by atoms with Crippen LogP contribution in [0.5, 0.6) is 34.6 Å². The van der Waals surface area contributed by atoms with Crippen LogP contribution in [0, 0.1) is 0 Å². The van der Waals surface area contributed by atoms with Gasteiger partial charge in [0.2, 0.25) is 11.6 Å². The number of nitrogens with one attached hydrogen (secondary N) is 1. The zero-order valence-electron chi connectivity index (χ0n) is 16.4. The van der Waals surface area contributed by atoms with Crippen LogP contribution in [-0.4, -0.2) is 44.7 Å². The number of aromatic amines is 1. The van der Waals surface area contributed by atoms with Gasteiger partial charge in [0.15, 0.2) is 23.0 Å². The summed E-state index contributed by atoms with van der Waals surface area (Å²) in [7, 11) is 6.14. The van der Waals surface area contributed by atoms with Crippen LogP contribution in [0.25, 0.3) is 10.9 Å². The Balaban J connectivity index is 1.88. The molecule has 0 unspecified atom stereocenters. The predicted octanol–water partition coefficient (Wildman–Crippen LogP) is 3.84. The third kappa shape index (κ3) is 4.23. The van der Waals surface area contributed by atoms with Gasteiger partial charge in [-0.2, -0.15) is 0 Å². The highest BCUT2D eigenvalue weighted by molar-refractivity contribution is 5.85. The second kappa shape index (κ2) is 8.51. The quantitative estimate of drug-likeness (QED) is 0.546. The van der Waals surface area contributed by atoms with Crippen LogP contribution in [0.4, 0.5) is 4.79 Å². The SMILES string of the molecule is COc1cc2[nH]c(OC(=O)O)cc2cc1OCc1cc(OC)c(OC)c(OC)c1. The van der Waals surface area contributed by atoms with E-state index in [9.17, 15) is 4.79 Å². The summed E-state index contributed by atoms with van der Waals surface area (Å²) in [5.41, 5.74) is 1.45. The summed E-state index contributed by atoms with van der Waals surface area (Å²) in [6.07, 6.45) is -1.40. The van der Waals surface area contributed by atoms with Gasteiger partial charge < -0.3 is 38.5 Å². The molecule has 1 heterocycles. The average Bonchev–Trinajstić information content (AvgIpc) is 3.10. The van der Waals surface area contributed by atoms with E-state index in [4.69, 9.17) is 28.8 Å². The third-order valence-corrected chi connectivity index (χ3v) is 4.20. The fourth-order valence-corrected chi connectivity index (χ4v) is 2.91. The van der Waals surface area contributed by atoms with E-state index in [0.29, 0.717) is 39.7 Å². The third-order valence-electron chi connectivity index (χ3n) is 4.20. The number of aromatic nitrogens is 1. The van der Waals surface area contributed by atoms with Crippen LogP contribution in [0.3, 0.4) is 0 Å². The first kappa shape index (κ1) is 20.0. The van der Waals surface area contributed by atoms with Gasteiger partial charge in [0, 0.05) is 17.5 Å². The van der Waals surface area contributed by atoms with Gasteiger partial charge in [0.1, 0.15) is 6.61 Å². The minimum atomic E-state index is -1.40. The highest BCUT2D eigenvalue weighted by Gasteiger charge is 2.15. The Morgan fingerprint density at radius 1 is 0.862 bits per heavy atom. The average molecular weight is 403 g/mol. The maximum atomic E-state index is 10.7. The standard InChI is InChI=1S/C20H21NO8/c1-24-14-9-13-12(8-18(21-13)29-20(22)23)7-15(14)28-10-11-5-16(25-2)19(27-4)17(6-11)26-3/h5-9,21H,10H2,1-4H3,(H,22,23). The molecule has 0 radical (unpaired) electrons. The Morgan fingerprint density at radius 3 is 2.07 bits per heavy atom. The van der Waals surface area contributed by atoms with Crippen molar-refractivity contribution in [2.45, 2.75) is 6.61 Å². The molecule has 0 amide bonds. The van der Waals surface area contributed by atoms with Crippen molar-refractivity contribution in [3.05, 3.63) is 35.9 Å². The first-order valence-electron chi connectivity index (χ1n) is 8.52. The molecule has 154 valence electrons. The molecule has 0 aliphatic carbocycles. The van der Waals surface area contributed by atoms with Crippen LogP contribution >= 0.6 is 0 Å². The van der Waals surface area contributed by atoms with E-state index < -0.39 is 6.16 Å². The number of carboxylic acid groups (broad SMARTS) is 1. The number of methoxy groups -OCH3 is 4. The molecule has 0 aliphatic heterocycles. The molecule has 9 heteroatoms. The van der Waals surface area contributed by atoms with E-state index in [1.165, 1.54) is 14.2 Å². The van der Waals surface area contributed by atoms with Crippen LogP contribution in [0.2, 0.25) is 0 Å². The number of ether oxygens (including phenoxy) is 6. The molecular formula is C20H21NO8. The van der Waals surface area contributed by atoms with Gasteiger partial charge in [0.25, 0.3) is 0 Å². The number of benzene rings is 2. The molecule has 0 bridgehead atoms. The summed E-state index contributed by atoms with van der Waals surface area (Å²) in [6.45, 7) is 0.210. The predicted molar refractivity (Wildman–Crippen MR) is 104 cm³/mol. The first-order valence-corrected chi connectivity index (χ1v) is 8.52. The molecule has 2 aromatic carbocycles. The van der Waals surface area contributed by atoms with Crippen molar-refractivity contribution < 1.29 is 38.3 Å². The summed E-state index contributed by atoms with van der Waals surface area (Å²) >= 11 is 0. The molecule has 0 saturated heterocycles. The topological polar surface area (TPSA) is 108 Å². The Kier molecular flexibility index (Phi) is 5.87. The number of fused-ring (bicyclic) bond motifs is 1. The molecule has 0 atom stereocenters. The van der Waals surface area contributed by atoms with E-state index in [-0.39, 0.29) is 12.5 Å². The number of rotatable bonds is 8. The summed E-state index contributed by atoms with van der Waals surface area (Å²) < 4.78 is 32.0. The maximum Gasteiger partial charge on any atom is 0.512 e. The van der Waals surface area contributed by atoms with Crippen LogP contribution < -0.4 is 28.4 Å². The minimum absolute atomic E-state index is 0.108. The number of hydrogen-bond acceptors (Lipinski definition) is 7. The molecule has 0 fully saturated rings. The molecule has 3 aromatic rings. The second-order valence-corrected chi connectivity index (χ2v) is 5.91. The first-order chi connectivity index (χ1) is 14.0. The lowest BCUT2D eigenvalue weighted by Gasteiger charge is -2.15. The largest absolute Gasteiger partial charge is 0.512 e. The Morgan fingerprint density at radius 2 is 1.52 bits per heavy atom. The van der Waals surface area contributed by atoms with E-state index in [2.05, 4.69) is 9.72 Å². The summed E-state index contributed by atoms with van der Waals surface area (Å²) in [6, 6.07) is 8.59. The lowest BCUT2D eigenvalue weighted by atomic mass is 10.2. The van der Waals surface area contributed by atoms with Crippen molar-refractivity contribution in [2.75, 3.05) is 28.4 Å². The fraction of sp³-hybridized carbons (Fsp3) is 0.250. The van der Waals surface area contributed by atoms with Gasteiger partial charge in [-0.1, -0.05) is 0 Å². The highest BCUT2D eigenvalue weighted by atomic mass is 16.7. The van der Waals surface area contributed by atoms with Crippen LogP contribution in [0.1, 0.15) is 5.56 Å². The lowest BCUT2D eigenvalue weighted by Crippen LogP contribution is -2.02. The summed E-state index contributed by atoms with van der Waals surface area (Å²) in [4.78, 5) is 13.6. The van der Waals surface area contributed by atoms with Gasteiger partial charge >= 0.3 is 6.16 Å². The molecule has 29 heavy (non-hydrogen) atoms. The maximum absolute atomic E-state index is 10.7. The molecule has 2 N–H and O–H groups in total. The monoisotopic (exact) mass is 403 g/mol. The molecule has 0 spiro atoms. The summed E-state index contributed by atoms with van der Waals surface area (Å²) in [5.74, 6) is 2.61. The van der Waals surface area contributed by atoms with Crippen molar-refractivity contribution in [1.29, 1.82) is 0 Å². The number of H-pyrrole nitrogens is 1. The van der Waals surface area contributed by atoms with Gasteiger partial charge in [-0.15, -0.1) is 0 Å². The van der Waals surface area contributed by atoms with Gasteiger partial charge in [0.05, 0.1) is 34.0 Å². The van der Waals surface area contributed by atoms with E-state index >= 15 is 0 Å². The van der Waals surface area contributed by atoms with Gasteiger partial charge in [-0.05, 0) is 23.8 Å². The molecule has 9 nitrogen and oxygen atoms in total. The number of hydrogen-bond donors (Lipinski definition) is 2. The van der Waals surface area contributed by atoms with Gasteiger partial charge in [-0.3, -0.25) is 0 Å². The molecule has 0 aliphatic rings. The lowest BCUT2D eigenvalue weighted by molar-refractivity contribution is 0.143. The van der Waals surface area contributed by atoms with E-state index in [1.807, 2.05) is 0 Å². The van der Waals surface area contributed by atoms with Crippen molar-refractivity contribution >= 4 is 17.1 Å². The van der Waals surface area contributed by atoms with Gasteiger partial charge in [-0.25, -0.2) is 4.79 Å². The normalized spacial score (nSPS) is 10.5. The zero-order valence-corrected chi connectivity index (χ0v) is 16.4. The van der Waals surface area contributed by atoms with Crippen molar-refractivity contribution in [1.82, 2.24) is 4.98 Å². The smallest absolute Gasteiger partial charge is 0.493 e. The van der Waals surface area contributed by atoms with E-state index in [1.54, 1.807) is 44.6 Å². The second-order valence-electron chi connectivity index (χ2n) is 5.91. The van der Waals surface area contributed by atoms with E-state index in [0.717, 1.165) is 5.56 Å². The number of carbonyl (C=O) groups is 1. The van der Waals surface area contributed by atoms with Crippen molar-refractivity contribution in [3.8, 4) is 34.6 Å². The Labute approximate surface area is 166 Å². The highest BCUT2D eigenvalue weighted by Crippen LogP contribution is 2.39. The molecular weight excluding hydrogens is 382 g/mol. The Hall–Kier alpha value is -3.75. The molecule has 3 rings (SSSR count). The van der Waals surface area contributed by atoms with Crippen LogP contribution in [0.15, 0.2) is 30.3 Å². The van der Waals surface area contributed by atoms with Crippen molar-refractivity contribution in [2.24, 2.45) is 0 Å². The van der Waals surface area contributed by atoms with Crippen molar-refractivity contribution in [3.63, 3.8) is 0 Å². The zero-order chi connectivity index (χ0) is 21.0. The fourth-order valence-electron chi connectivity index (χ4n) is 2.91. The molecule has 0 saturated carbocycles. The van der Waals surface area contributed by atoms with Crippen LogP contribution in [-0.2, 0) is 6.61 Å². The molecule has 1 aromatic heterocycles. The Bertz CT molecular complexity index is 1000. The minimum Gasteiger partial charge on any atom is -0.493 e.